The smallest absolute Gasteiger partial charge is 0.241 e. The molecule has 2 aromatic carbocycles. The first-order valence-corrected chi connectivity index (χ1v) is 8.36. The predicted molar refractivity (Wildman–Crippen MR) is 84.8 cm³/mol. The molecule has 0 aromatic heterocycles. The van der Waals surface area contributed by atoms with Crippen molar-refractivity contribution in [3.05, 3.63) is 65.2 Å². The van der Waals surface area contributed by atoms with E-state index in [1.54, 1.807) is 30.3 Å². The van der Waals surface area contributed by atoms with Crippen molar-refractivity contribution in [2.24, 2.45) is 5.73 Å². The number of nitrogens with one attached hydrogen (secondary N) is 1. The minimum atomic E-state index is -3.79. The van der Waals surface area contributed by atoms with E-state index in [2.05, 4.69) is 4.72 Å². The number of amides is 1. The van der Waals surface area contributed by atoms with Gasteiger partial charge in [0.15, 0.2) is 0 Å². The molecule has 116 valence electrons. The molecule has 2 rings (SSSR count). The van der Waals surface area contributed by atoms with Gasteiger partial charge in [-0.1, -0.05) is 41.9 Å². The number of halogens is 1. The molecule has 0 saturated heterocycles. The second-order valence-electron chi connectivity index (χ2n) is 4.71. The lowest BCUT2D eigenvalue weighted by molar-refractivity contribution is -0.118. The van der Waals surface area contributed by atoms with Crippen molar-refractivity contribution in [1.82, 2.24) is 4.72 Å². The Hall–Kier alpha value is -1.89. The van der Waals surface area contributed by atoms with Gasteiger partial charge in [0.1, 0.15) is 0 Å². The molecule has 1 unspecified atom stereocenters. The summed E-state index contributed by atoms with van der Waals surface area (Å²) < 4.78 is 27.3. The van der Waals surface area contributed by atoms with E-state index < -0.39 is 22.0 Å². The van der Waals surface area contributed by atoms with E-state index in [9.17, 15) is 13.2 Å². The van der Waals surface area contributed by atoms with Crippen molar-refractivity contribution < 1.29 is 13.2 Å². The van der Waals surface area contributed by atoms with Crippen LogP contribution in [0.4, 0.5) is 0 Å². The largest absolute Gasteiger partial charge is 0.370 e. The molecule has 0 aliphatic heterocycles. The lowest BCUT2D eigenvalue weighted by atomic mass is 10.1. The van der Waals surface area contributed by atoms with E-state index in [4.69, 9.17) is 17.3 Å². The Morgan fingerprint density at radius 2 is 1.68 bits per heavy atom. The highest BCUT2D eigenvalue weighted by Gasteiger charge is 2.22. The van der Waals surface area contributed by atoms with Gasteiger partial charge in [-0.3, -0.25) is 4.79 Å². The summed E-state index contributed by atoms with van der Waals surface area (Å²) in [5, 5.41) is 0.440. The highest BCUT2D eigenvalue weighted by molar-refractivity contribution is 7.89. The van der Waals surface area contributed by atoms with E-state index in [0.717, 1.165) is 0 Å². The fraction of sp³-hybridized carbons (Fsp3) is 0.133. The monoisotopic (exact) mass is 338 g/mol. The van der Waals surface area contributed by atoms with Crippen LogP contribution < -0.4 is 10.5 Å². The van der Waals surface area contributed by atoms with Crippen LogP contribution in [0.25, 0.3) is 0 Å². The van der Waals surface area contributed by atoms with Crippen LogP contribution in [0.5, 0.6) is 0 Å². The van der Waals surface area contributed by atoms with Gasteiger partial charge in [0.25, 0.3) is 0 Å². The number of primary amides is 1. The van der Waals surface area contributed by atoms with Crippen LogP contribution in [0, 0.1) is 0 Å². The SMILES string of the molecule is NC(=O)CC(NS(=O)(=O)c1ccc(Cl)cc1)c1ccccc1. The zero-order chi connectivity index (χ0) is 16.2. The van der Waals surface area contributed by atoms with E-state index in [-0.39, 0.29) is 11.3 Å². The van der Waals surface area contributed by atoms with Crippen LogP contribution in [0.2, 0.25) is 5.02 Å². The fourth-order valence-electron chi connectivity index (χ4n) is 1.98. The maximum atomic E-state index is 12.4. The normalized spacial score (nSPS) is 12.8. The molecule has 22 heavy (non-hydrogen) atoms. The summed E-state index contributed by atoms with van der Waals surface area (Å²) in [6.07, 6.45) is -0.128. The maximum absolute atomic E-state index is 12.4. The Labute approximate surface area is 134 Å². The maximum Gasteiger partial charge on any atom is 0.241 e. The first-order chi connectivity index (χ1) is 10.4. The third kappa shape index (κ3) is 4.30. The second-order valence-corrected chi connectivity index (χ2v) is 6.86. The van der Waals surface area contributed by atoms with Gasteiger partial charge in [0.05, 0.1) is 10.9 Å². The van der Waals surface area contributed by atoms with Crippen LogP contribution in [-0.2, 0) is 14.8 Å². The molecular formula is C15H15ClN2O3S. The Morgan fingerprint density at radius 3 is 2.23 bits per heavy atom. The number of sulfonamides is 1. The molecule has 1 amide bonds. The molecule has 7 heteroatoms. The quantitative estimate of drug-likeness (QED) is 0.846. The predicted octanol–water partition coefficient (Wildman–Crippen LogP) is 2.24. The first-order valence-electron chi connectivity index (χ1n) is 6.49. The number of carbonyl (C=O) groups is 1. The van der Waals surface area contributed by atoms with Gasteiger partial charge in [-0.15, -0.1) is 0 Å². The highest BCUT2D eigenvalue weighted by atomic mass is 35.5. The van der Waals surface area contributed by atoms with Gasteiger partial charge in [-0.2, -0.15) is 0 Å². The van der Waals surface area contributed by atoms with Gasteiger partial charge >= 0.3 is 0 Å². The van der Waals surface area contributed by atoms with Gasteiger partial charge < -0.3 is 5.73 Å². The van der Waals surface area contributed by atoms with Gasteiger partial charge in [-0.05, 0) is 29.8 Å². The average molecular weight is 339 g/mol. The summed E-state index contributed by atoms with van der Waals surface area (Å²) >= 11 is 5.76. The molecule has 0 aliphatic rings. The van der Waals surface area contributed by atoms with Crippen molar-refractivity contribution >= 4 is 27.5 Å². The van der Waals surface area contributed by atoms with Gasteiger partial charge in [-0.25, -0.2) is 13.1 Å². The van der Waals surface area contributed by atoms with Crippen LogP contribution in [0.15, 0.2) is 59.5 Å². The number of rotatable bonds is 6. The molecular weight excluding hydrogens is 324 g/mol. The number of hydrogen-bond donors (Lipinski definition) is 2. The third-order valence-electron chi connectivity index (χ3n) is 3.03. The Kier molecular flexibility index (Phi) is 5.18. The first kappa shape index (κ1) is 16.5. The fourth-order valence-corrected chi connectivity index (χ4v) is 3.33. The number of benzene rings is 2. The Bertz CT molecular complexity index is 746. The molecule has 2 aromatic rings. The number of carbonyl (C=O) groups excluding carboxylic acids is 1. The highest BCUT2D eigenvalue weighted by Crippen LogP contribution is 2.21. The van der Waals surface area contributed by atoms with Crippen LogP contribution >= 0.6 is 11.6 Å². The average Bonchev–Trinajstić information content (AvgIpc) is 2.47. The number of nitrogens with two attached hydrogens (primary N) is 1. The van der Waals surface area contributed by atoms with Crippen molar-refractivity contribution in [2.45, 2.75) is 17.4 Å². The summed E-state index contributed by atoms with van der Waals surface area (Å²) in [6.45, 7) is 0. The molecule has 0 aliphatic carbocycles. The molecule has 0 saturated carbocycles. The Morgan fingerprint density at radius 1 is 1.09 bits per heavy atom. The molecule has 0 bridgehead atoms. The van der Waals surface area contributed by atoms with Crippen LogP contribution in [-0.4, -0.2) is 14.3 Å². The van der Waals surface area contributed by atoms with E-state index in [1.807, 2.05) is 0 Å². The Balaban J connectivity index is 2.30. The van der Waals surface area contributed by atoms with Crippen molar-refractivity contribution in [1.29, 1.82) is 0 Å². The van der Waals surface area contributed by atoms with E-state index in [1.165, 1.54) is 24.3 Å². The van der Waals surface area contributed by atoms with Crippen LogP contribution in [0.3, 0.4) is 0 Å². The van der Waals surface area contributed by atoms with E-state index >= 15 is 0 Å². The summed E-state index contributed by atoms with van der Waals surface area (Å²) in [5.74, 6) is -0.590. The minimum absolute atomic E-state index is 0.0716. The van der Waals surface area contributed by atoms with Crippen molar-refractivity contribution in [3.8, 4) is 0 Å². The standard InChI is InChI=1S/C15H15ClN2O3S/c16-12-6-8-13(9-7-12)22(20,21)18-14(10-15(17)19)11-4-2-1-3-5-11/h1-9,14,18H,10H2,(H2,17,19). The lowest BCUT2D eigenvalue weighted by Crippen LogP contribution is -2.31. The van der Waals surface area contributed by atoms with E-state index in [0.29, 0.717) is 10.6 Å². The van der Waals surface area contributed by atoms with Gasteiger partial charge in [0, 0.05) is 11.4 Å². The second kappa shape index (κ2) is 6.91. The topological polar surface area (TPSA) is 89.3 Å². The summed E-state index contributed by atoms with van der Waals surface area (Å²) in [6, 6.07) is 13.9. The summed E-state index contributed by atoms with van der Waals surface area (Å²) in [4.78, 5) is 11.3. The minimum Gasteiger partial charge on any atom is -0.370 e. The van der Waals surface area contributed by atoms with Crippen molar-refractivity contribution in [2.75, 3.05) is 0 Å². The molecule has 0 heterocycles. The molecule has 3 N–H and O–H groups in total. The third-order valence-corrected chi connectivity index (χ3v) is 4.77. The van der Waals surface area contributed by atoms with Crippen LogP contribution in [0.1, 0.15) is 18.0 Å². The molecule has 0 fully saturated rings. The molecule has 1 atom stereocenters. The lowest BCUT2D eigenvalue weighted by Gasteiger charge is -2.18. The number of hydrogen-bond acceptors (Lipinski definition) is 3. The zero-order valence-corrected chi connectivity index (χ0v) is 13.1. The molecule has 5 nitrogen and oxygen atoms in total. The summed E-state index contributed by atoms with van der Waals surface area (Å²) in [7, 11) is -3.79. The van der Waals surface area contributed by atoms with Gasteiger partial charge in [0.2, 0.25) is 15.9 Å². The molecule has 0 radical (unpaired) electrons. The molecule has 0 spiro atoms. The zero-order valence-electron chi connectivity index (χ0n) is 11.6. The van der Waals surface area contributed by atoms with Crippen molar-refractivity contribution in [3.63, 3.8) is 0 Å². The summed E-state index contributed by atoms with van der Waals surface area (Å²) in [5.41, 5.74) is 5.88.